The summed E-state index contributed by atoms with van der Waals surface area (Å²) in [5, 5.41) is 3.61. The van der Waals surface area contributed by atoms with Crippen LogP contribution in [0.15, 0.2) is 22.7 Å². The molecule has 2 nitrogen and oxygen atoms in total. The lowest BCUT2D eigenvalue weighted by Crippen LogP contribution is -2.58. The van der Waals surface area contributed by atoms with Gasteiger partial charge in [-0.1, -0.05) is 43.1 Å². The van der Waals surface area contributed by atoms with Gasteiger partial charge < -0.3 is 10.2 Å². The van der Waals surface area contributed by atoms with Gasteiger partial charge in [-0.15, -0.1) is 0 Å². The summed E-state index contributed by atoms with van der Waals surface area (Å²) in [5.74, 6) is 0.357. The minimum atomic E-state index is -0.137. The van der Waals surface area contributed by atoms with Crippen LogP contribution in [0.4, 0.5) is 10.1 Å². The molecule has 1 aromatic carbocycles. The summed E-state index contributed by atoms with van der Waals surface area (Å²) < 4.78 is 15.1. The van der Waals surface area contributed by atoms with E-state index in [1.165, 1.54) is 0 Å². The van der Waals surface area contributed by atoms with Crippen molar-refractivity contribution >= 4 is 21.6 Å². The van der Waals surface area contributed by atoms with E-state index < -0.39 is 0 Å². The summed E-state index contributed by atoms with van der Waals surface area (Å²) >= 11 is 3.33. The average molecular weight is 343 g/mol. The SMILES string of the molecule is CCCC1CN(c2ccc(Br)cc2F)C(C(C)C)CN1. The Bertz CT molecular complexity index is 450. The Morgan fingerprint density at radius 1 is 1.45 bits per heavy atom. The number of halogens is 2. The lowest BCUT2D eigenvalue weighted by molar-refractivity contribution is 0.325. The first-order chi connectivity index (χ1) is 9.52. The summed E-state index contributed by atoms with van der Waals surface area (Å²) in [4.78, 5) is 2.25. The Balaban J connectivity index is 2.26. The van der Waals surface area contributed by atoms with E-state index in [-0.39, 0.29) is 5.82 Å². The lowest BCUT2D eigenvalue weighted by Gasteiger charge is -2.44. The van der Waals surface area contributed by atoms with Crippen LogP contribution in [0.2, 0.25) is 0 Å². The highest BCUT2D eigenvalue weighted by Gasteiger charge is 2.30. The van der Waals surface area contributed by atoms with Gasteiger partial charge >= 0.3 is 0 Å². The van der Waals surface area contributed by atoms with E-state index in [0.29, 0.717) is 18.0 Å². The van der Waals surface area contributed by atoms with Crippen molar-refractivity contribution in [2.24, 2.45) is 5.92 Å². The van der Waals surface area contributed by atoms with Gasteiger partial charge in [0.15, 0.2) is 0 Å². The van der Waals surface area contributed by atoms with Gasteiger partial charge in [0, 0.05) is 29.6 Å². The van der Waals surface area contributed by atoms with E-state index >= 15 is 0 Å². The minimum absolute atomic E-state index is 0.137. The molecule has 1 N–H and O–H groups in total. The topological polar surface area (TPSA) is 15.3 Å². The van der Waals surface area contributed by atoms with Crippen molar-refractivity contribution in [3.8, 4) is 0 Å². The Morgan fingerprint density at radius 3 is 2.80 bits per heavy atom. The third-order valence-corrected chi connectivity index (χ3v) is 4.55. The molecule has 1 aliphatic rings. The van der Waals surface area contributed by atoms with Gasteiger partial charge in [0.05, 0.1) is 5.69 Å². The molecule has 0 amide bonds. The van der Waals surface area contributed by atoms with Crippen LogP contribution in [-0.2, 0) is 0 Å². The van der Waals surface area contributed by atoms with E-state index in [1.54, 1.807) is 6.07 Å². The van der Waals surface area contributed by atoms with Gasteiger partial charge in [0.1, 0.15) is 5.82 Å². The lowest BCUT2D eigenvalue weighted by atomic mass is 9.96. The highest BCUT2D eigenvalue weighted by Crippen LogP contribution is 2.29. The number of nitrogens with one attached hydrogen (secondary N) is 1. The molecule has 112 valence electrons. The molecule has 1 fully saturated rings. The molecule has 0 radical (unpaired) electrons. The highest BCUT2D eigenvalue weighted by atomic mass is 79.9. The highest BCUT2D eigenvalue weighted by molar-refractivity contribution is 9.10. The summed E-state index contributed by atoms with van der Waals surface area (Å²) in [6.45, 7) is 8.42. The van der Waals surface area contributed by atoms with Crippen molar-refractivity contribution in [3.05, 3.63) is 28.5 Å². The predicted molar refractivity (Wildman–Crippen MR) is 86.8 cm³/mol. The van der Waals surface area contributed by atoms with E-state index in [4.69, 9.17) is 0 Å². The molecule has 20 heavy (non-hydrogen) atoms. The van der Waals surface area contributed by atoms with Gasteiger partial charge in [-0.2, -0.15) is 0 Å². The summed E-state index contributed by atoms with van der Waals surface area (Å²) in [5.41, 5.74) is 0.731. The van der Waals surface area contributed by atoms with Crippen molar-refractivity contribution in [3.63, 3.8) is 0 Å². The maximum Gasteiger partial charge on any atom is 0.147 e. The first kappa shape index (κ1) is 15.8. The maximum absolute atomic E-state index is 14.3. The van der Waals surface area contributed by atoms with Crippen LogP contribution in [0.1, 0.15) is 33.6 Å². The molecule has 1 aromatic rings. The molecule has 1 heterocycles. The fraction of sp³-hybridized carbons (Fsp3) is 0.625. The number of hydrogen-bond donors (Lipinski definition) is 1. The second kappa shape index (κ2) is 6.90. The molecule has 0 aliphatic carbocycles. The minimum Gasteiger partial charge on any atom is -0.363 e. The summed E-state index contributed by atoms with van der Waals surface area (Å²) in [6, 6.07) is 6.18. The van der Waals surface area contributed by atoms with Gasteiger partial charge in [-0.3, -0.25) is 0 Å². The van der Waals surface area contributed by atoms with Crippen LogP contribution >= 0.6 is 15.9 Å². The fourth-order valence-corrected chi connectivity index (χ4v) is 3.30. The molecular formula is C16H24BrFN2. The molecule has 2 unspecified atom stereocenters. The molecule has 0 bridgehead atoms. The molecule has 0 saturated carbocycles. The van der Waals surface area contributed by atoms with E-state index in [0.717, 1.165) is 36.1 Å². The molecule has 0 aromatic heterocycles. The molecular weight excluding hydrogens is 319 g/mol. The zero-order valence-corrected chi connectivity index (χ0v) is 14.1. The number of hydrogen-bond acceptors (Lipinski definition) is 2. The van der Waals surface area contributed by atoms with Crippen molar-refractivity contribution < 1.29 is 4.39 Å². The largest absolute Gasteiger partial charge is 0.363 e. The average Bonchev–Trinajstić information content (AvgIpc) is 2.38. The van der Waals surface area contributed by atoms with Crippen LogP contribution in [0.3, 0.4) is 0 Å². The number of benzene rings is 1. The van der Waals surface area contributed by atoms with Gasteiger partial charge in [-0.05, 0) is 30.5 Å². The van der Waals surface area contributed by atoms with Crippen LogP contribution in [-0.4, -0.2) is 25.2 Å². The Hall–Kier alpha value is -0.610. The summed E-state index contributed by atoms with van der Waals surface area (Å²) in [7, 11) is 0. The van der Waals surface area contributed by atoms with Gasteiger partial charge in [-0.25, -0.2) is 4.39 Å². The van der Waals surface area contributed by atoms with Crippen LogP contribution in [0, 0.1) is 11.7 Å². The first-order valence-corrected chi connectivity index (χ1v) is 8.27. The Kier molecular flexibility index (Phi) is 5.44. The third-order valence-electron chi connectivity index (χ3n) is 4.06. The van der Waals surface area contributed by atoms with Crippen molar-refractivity contribution in [1.82, 2.24) is 5.32 Å². The zero-order chi connectivity index (χ0) is 14.7. The zero-order valence-electron chi connectivity index (χ0n) is 12.5. The molecule has 2 atom stereocenters. The molecule has 1 aliphatic heterocycles. The van der Waals surface area contributed by atoms with Crippen LogP contribution in [0.5, 0.6) is 0 Å². The van der Waals surface area contributed by atoms with Crippen molar-refractivity contribution in [2.75, 3.05) is 18.0 Å². The second-order valence-electron chi connectivity index (χ2n) is 5.95. The normalized spacial score (nSPS) is 23.4. The number of nitrogens with zero attached hydrogens (tertiary/aromatic N) is 1. The van der Waals surface area contributed by atoms with E-state index in [2.05, 4.69) is 46.9 Å². The monoisotopic (exact) mass is 342 g/mol. The quantitative estimate of drug-likeness (QED) is 0.882. The van der Waals surface area contributed by atoms with Gasteiger partial charge in [0.25, 0.3) is 0 Å². The fourth-order valence-electron chi connectivity index (χ4n) is 2.96. The summed E-state index contributed by atoms with van der Waals surface area (Å²) in [6.07, 6.45) is 2.29. The van der Waals surface area contributed by atoms with Crippen LogP contribution < -0.4 is 10.2 Å². The Labute approximate surface area is 129 Å². The Morgan fingerprint density at radius 2 is 2.20 bits per heavy atom. The van der Waals surface area contributed by atoms with Crippen molar-refractivity contribution in [1.29, 1.82) is 0 Å². The van der Waals surface area contributed by atoms with Crippen LogP contribution in [0.25, 0.3) is 0 Å². The number of piperazine rings is 1. The van der Waals surface area contributed by atoms with Gasteiger partial charge in [0.2, 0.25) is 0 Å². The number of rotatable bonds is 4. The van der Waals surface area contributed by atoms with E-state index in [9.17, 15) is 4.39 Å². The van der Waals surface area contributed by atoms with Crippen molar-refractivity contribution in [2.45, 2.75) is 45.7 Å². The first-order valence-electron chi connectivity index (χ1n) is 7.48. The number of anilines is 1. The maximum atomic E-state index is 14.3. The smallest absolute Gasteiger partial charge is 0.147 e. The molecule has 4 heteroatoms. The predicted octanol–water partition coefficient (Wildman–Crippen LogP) is 4.19. The van der Waals surface area contributed by atoms with E-state index in [1.807, 2.05) is 12.1 Å². The molecule has 2 rings (SSSR count). The molecule has 0 spiro atoms. The standard InChI is InChI=1S/C16H24BrFN2/c1-4-5-13-10-20(16(9-19-13)11(2)3)15-7-6-12(17)8-14(15)18/h6-8,11,13,16,19H,4-5,9-10H2,1-3H3. The second-order valence-corrected chi connectivity index (χ2v) is 6.87. The third kappa shape index (κ3) is 3.53. The molecule has 1 saturated heterocycles.